The second-order valence-corrected chi connectivity index (χ2v) is 19.1. The van der Waals surface area contributed by atoms with Crippen LogP contribution in [-0.2, 0) is 39.7 Å². The lowest BCUT2D eigenvalue weighted by molar-refractivity contribution is -0.199. The molecular weight excluding hydrogens is 829 g/mol. The van der Waals surface area contributed by atoms with Gasteiger partial charge in [0.05, 0.1) is 23.8 Å². The SMILES string of the molecule is CCCCc1ccc(-c2ccc(C(=O)NCCC(=O)N[C@@H](CCCCN)C(=O)N[C@H](C(=O)N[C@@H](C)C(=O)N[C@@H](C)C(=O)N[C@@H](C)B3OC4C[C@@H]5C[C@@H](C5(C)C)[C@]4(C)O3)[C@@H](C)O)cc2)cc1. The Kier molecular flexibility index (Phi) is 17.8. The Morgan fingerprint density at radius 2 is 1.40 bits per heavy atom. The molecule has 10 atom stereocenters. The van der Waals surface area contributed by atoms with Gasteiger partial charge in [-0.3, -0.25) is 28.8 Å². The van der Waals surface area contributed by atoms with Crippen LogP contribution in [0.15, 0.2) is 48.5 Å². The van der Waals surface area contributed by atoms with E-state index < -0.39 is 78.5 Å². The average molecular weight is 902 g/mol. The van der Waals surface area contributed by atoms with Crippen LogP contribution in [0.2, 0.25) is 0 Å². The van der Waals surface area contributed by atoms with Crippen LogP contribution < -0.4 is 37.6 Å². The molecule has 4 aliphatic rings. The predicted octanol–water partition coefficient (Wildman–Crippen LogP) is 3.08. The summed E-state index contributed by atoms with van der Waals surface area (Å²) in [5, 5.41) is 26.5. The fraction of sp³-hybridized carbons (Fsp3) is 0.625. The number of benzene rings is 2. The zero-order chi connectivity index (χ0) is 47.6. The van der Waals surface area contributed by atoms with E-state index in [9.17, 15) is 33.9 Å². The number of nitrogens with two attached hydrogens (primary N) is 1. The zero-order valence-corrected chi connectivity index (χ0v) is 39.5. The molecule has 9 N–H and O–H groups in total. The first-order valence-corrected chi connectivity index (χ1v) is 23.5. The molecule has 6 rings (SSSR count). The number of aliphatic hydroxyl groups is 1. The van der Waals surface area contributed by atoms with E-state index in [-0.39, 0.29) is 36.8 Å². The molecule has 2 aromatic carbocycles. The molecule has 3 saturated carbocycles. The van der Waals surface area contributed by atoms with Crippen LogP contribution in [-0.4, -0.2) is 109 Å². The van der Waals surface area contributed by atoms with Gasteiger partial charge in [-0.1, -0.05) is 63.6 Å². The smallest absolute Gasteiger partial charge is 0.404 e. The van der Waals surface area contributed by atoms with Crippen LogP contribution in [0.5, 0.6) is 0 Å². The molecule has 1 heterocycles. The number of nitrogens with one attached hydrogen (secondary N) is 6. The van der Waals surface area contributed by atoms with Crippen molar-refractivity contribution in [2.24, 2.45) is 23.0 Å². The highest BCUT2D eigenvalue weighted by molar-refractivity contribution is 6.47. The first-order valence-electron chi connectivity index (χ1n) is 23.5. The number of hydrogen-bond donors (Lipinski definition) is 8. The van der Waals surface area contributed by atoms with Crippen LogP contribution in [0.4, 0.5) is 0 Å². The van der Waals surface area contributed by atoms with Gasteiger partial charge in [0.25, 0.3) is 5.91 Å². The summed E-state index contributed by atoms with van der Waals surface area (Å²) < 4.78 is 12.8. The fourth-order valence-corrected chi connectivity index (χ4v) is 9.44. The molecule has 2 aromatic rings. The van der Waals surface area contributed by atoms with Gasteiger partial charge < -0.3 is 52.0 Å². The summed E-state index contributed by atoms with van der Waals surface area (Å²) in [5.74, 6) is -3.13. The van der Waals surface area contributed by atoms with Crippen molar-refractivity contribution >= 4 is 42.6 Å². The third-order valence-electron chi connectivity index (χ3n) is 13.8. The van der Waals surface area contributed by atoms with E-state index in [0.29, 0.717) is 36.8 Å². The van der Waals surface area contributed by atoms with Crippen molar-refractivity contribution in [2.75, 3.05) is 13.1 Å². The van der Waals surface area contributed by atoms with Gasteiger partial charge in [-0.25, -0.2) is 0 Å². The van der Waals surface area contributed by atoms with E-state index in [0.717, 1.165) is 43.2 Å². The molecule has 16 nitrogen and oxygen atoms in total. The minimum atomic E-state index is -1.49. The van der Waals surface area contributed by atoms with E-state index in [4.69, 9.17) is 15.0 Å². The van der Waals surface area contributed by atoms with Crippen molar-refractivity contribution in [1.82, 2.24) is 31.9 Å². The molecule has 17 heteroatoms. The van der Waals surface area contributed by atoms with Crippen molar-refractivity contribution in [1.29, 1.82) is 0 Å². The van der Waals surface area contributed by atoms with Gasteiger partial charge >= 0.3 is 7.12 Å². The monoisotopic (exact) mass is 902 g/mol. The fourth-order valence-electron chi connectivity index (χ4n) is 9.44. The number of carbonyl (C=O) groups is 6. The molecule has 4 fully saturated rings. The Hall–Kier alpha value is -4.84. The molecule has 65 heavy (non-hydrogen) atoms. The second kappa shape index (κ2) is 22.6. The Labute approximate surface area is 384 Å². The van der Waals surface area contributed by atoms with E-state index in [1.807, 2.05) is 12.1 Å². The molecule has 356 valence electrons. The van der Waals surface area contributed by atoms with Crippen molar-refractivity contribution < 1.29 is 43.2 Å². The summed E-state index contributed by atoms with van der Waals surface area (Å²) in [6.45, 7) is 15.2. The number of aryl methyl sites for hydroxylation is 1. The summed E-state index contributed by atoms with van der Waals surface area (Å²) in [6, 6.07) is 10.9. The predicted molar refractivity (Wildman–Crippen MR) is 249 cm³/mol. The van der Waals surface area contributed by atoms with E-state index >= 15 is 0 Å². The summed E-state index contributed by atoms with van der Waals surface area (Å²) in [6.07, 6.45) is 5.02. The molecular formula is C48H72BN7O9. The maximum atomic E-state index is 13.5. The van der Waals surface area contributed by atoms with Crippen LogP contribution in [0, 0.1) is 17.3 Å². The van der Waals surface area contributed by atoms with Crippen LogP contribution >= 0.6 is 0 Å². The average Bonchev–Trinajstić information content (AvgIpc) is 3.64. The number of aliphatic hydroxyl groups excluding tert-OH is 1. The van der Waals surface area contributed by atoms with Gasteiger partial charge in [0.1, 0.15) is 24.2 Å². The third-order valence-corrected chi connectivity index (χ3v) is 13.8. The summed E-state index contributed by atoms with van der Waals surface area (Å²) >= 11 is 0. The Bertz CT molecular complexity index is 1980. The lowest BCUT2D eigenvalue weighted by Crippen LogP contribution is -2.65. The summed E-state index contributed by atoms with van der Waals surface area (Å²) in [5.41, 5.74) is 9.16. The van der Waals surface area contributed by atoms with E-state index in [1.165, 1.54) is 26.3 Å². The third kappa shape index (κ3) is 12.7. The molecule has 1 aliphatic heterocycles. The van der Waals surface area contributed by atoms with Crippen LogP contribution in [0.3, 0.4) is 0 Å². The maximum Gasteiger partial charge on any atom is 0.481 e. The minimum Gasteiger partial charge on any atom is -0.404 e. The molecule has 0 radical (unpaired) electrons. The van der Waals surface area contributed by atoms with Gasteiger partial charge in [0.2, 0.25) is 29.5 Å². The topological polar surface area (TPSA) is 239 Å². The van der Waals surface area contributed by atoms with E-state index in [1.54, 1.807) is 19.1 Å². The summed E-state index contributed by atoms with van der Waals surface area (Å²) in [7, 11) is -0.641. The van der Waals surface area contributed by atoms with Crippen molar-refractivity contribution in [2.45, 2.75) is 161 Å². The highest BCUT2D eigenvalue weighted by atomic mass is 16.7. The molecule has 2 bridgehead atoms. The minimum absolute atomic E-state index is 0.00331. The largest absolute Gasteiger partial charge is 0.481 e. The lowest BCUT2D eigenvalue weighted by atomic mass is 9.43. The number of amides is 6. The van der Waals surface area contributed by atoms with Crippen molar-refractivity contribution in [3.8, 4) is 11.1 Å². The highest BCUT2D eigenvalue weighted by Gasteiger charge is 2.68. The Morgan fingerprint density at radius 3 is 2.00 bits per heavy atom. The number of carbonyl (C=O) groups excluding carboxylic acids is 6. The molecule has 1 unspecified atom stereocenters. The van der Waals surface area contributed by atoms with Crippen molar-refractivity contribution in [3.05, 3.63) is 59.7 Å². The number of hydrogen-bond acceptors (Lipinski definition) is 10. The standard InChI is InChI=1S/C48H72BN7O9/c1-9-10-13-32-15-17-33(18-16-32)34-19-21-35(22-20-34)44(61)51-25-23-40(58)55-37(14-11-12-24-50)45(62)56-41(30(4)57)46(63)53-28(2)42(59)52-29(3)43(60)54-31(5)49-64-39-27-36-26-38(47(36,6)7)48(39,8)65-49/h15-22,28-31,36-39,41,57H,9-14,23-27,50H2,1-8H3,(H,51,61)(H,52,59)(H,53,63)(H,54,60)(H,55,58)(H,56,62)/t28-,29-,30+,31-,36-,37-,38-,39?,41-,48-/m0/s1. The maximum absolute atomic E-state index is 13.5. The first kappa shape index (κ1) is 51.2. The number of unbranched alkanes of at least 4 members (excludes halogenated alkanes) is 2. The quantitative estimate of drug-likeness (QED) is 0.0599. The molecule has 0 aromatic heterocycles. The van der Waals surface area contributed by atoms with Gasteiger partial charge in [-0.15, -0.1) is 0 Å². The highest BCUT2D eigenvalue weighted by Crippen LogP contribution is 2.65. The molecule has 1 saturated heterocycles. The lowest BCUT2D eigenvalue weighted by Gasteiger charge is -2.64. The van der Waals surface area contributed by atoms with Gasteiger partial charge in [-0.2, -0.15) is 0 Å². The number of rotatable bonds is 23. The Morgan fingerprint density at radius 1 is 0.785 bits per heavy atom. The van der Waals surface area contributed by atoms with Gasteiger partial charge in [0, 0.05) is 18.5 Å². The van der Waals surface area contributed by atoms with Crippen LogP contribution in [0.25, 0.3) is 11.1 Å². The zero-order valence-electron chi connectivity index (χ0n) is 39.5. The molecule has 0 spiro atoms. The van der Waals surface area contributed by atoms with Crippen LogP contribution in [0.1, 0.15) is 123 Å². The second-order valence-electron chi connectivity index (χ2n) is 19.1. The Balaban J connectivity index is 1.06. The summed E-state index contributed by atoms with van der Waals surface area (Å²) in [4.78, 5) is 79.2. The normalized spacial score (nSPS) is 23.2. The molecule has 3 aliphatic carbocycles. The van der Waals surface area contributed by atoms with Gasteiger partial charge in [0.15, 0.2) is 0 Å². The first-order chi connectivity index (χ1) is 30.8. The molecule has 6 amide bonds. The van der Waals surface area contributed by atoms with Crippen molar-refractivity contribution in [3.63, 3.8) is 0 Å². The van der Waals surface area contributed by atoms with Gasteiger partial charge in [-0.05, 0) is 132 Å². The van der Waals surface area contributed by atoms with E-state index in [2.05, 4.69) is 83.9 Å².